The number of aromatic nitrogens is 2. The fourth-order valence-corrected chi connectivity index (χ4v) is 5.70. The van der Waals surface area contributed by atoms with Crippen molar-refractivity contribution in [3.8, 4) is 11.3 Å². The van der Waals surface area contributed by atoms with Crippen molar-refractivity contribution in [1.29, 1.82) is 0 Å². The van der Waals surface area contributed by atoms with Gasteiger partial charge in [-0.05, 0) is 43.8 Å². The Kier molecular flexibility index (Phi) is 3.42. The zero-order chi connectivity index (χ0) is 22.2. The summed E-state index contributed by atoms with van der Waals surface area (Å²) in [6, 6.07) is 36.8. The zero-order valence-corrected chi connectivity index (χ0v) is 18.3. The molecule has 0 unspecified atom stereocenters. The van der Waals surface area contributed by atoms with Crippen LogP contribution in [0.5, 0.6) is 0 Å². The lowest BCUT2D eigenvalue weighted by atomic mass is 9.90. The maximum absolute atomic E-state index is 5.20. The van der Waals surface area contributed by atoms with E-state index in [1.807, 2.05) is 6.20 Å². The van der Waals surface area contributed by atoms with Gasteiger partial charge in [0.1, 0.15) is 0 Å². The number of hydrogen-bond acceptors (Lipinski definition) is 2. The average molecular weight is 431 g/mol. The lowest BCUT2D eigenvalue weighted by Crippen LogP contribution is -1.94. The van der Waals surface area contributed by atoms with Crippen LogP contribution in [-0.4, -0.2) is 9.97 Å². The Bertz CT molecular complexity index is 2040. The van der Waals surface area contributed by atoms with E-state index in [1.165, 1.54) is 43.1 Å². The second-order valence-electron chi connectivity index (χ2n) is 9.02. The van der Waals surface area contributed by atoms with Crippen LogP contribution in [0.3, 0.4) is 0 Å². The number of para-hydroxylation sites is 1. The van der Waals surface area contributed by atoms with Gasteiger partial charge in [0.2, 0.25) is 0 Å². The molecule has 0 saturated heterocycles. The van der Waals surface area contributed by atoms with Gasteiger partial charge in [0.25, 0.3) is 0 Å². The van der Waals surface area contributed by atoms with Crippen molar-refractivity contribution in [2.45, 2.75) is 0 Å². The quantitative estimate of drug-likeness (QED) is 0.244. The molecule has 0 saturated carbocycles. The zero-order valence-electron chi connectivity index (χ0n) is 18.3. The third-order valence-electron chi connectivity index (χ3n) is 7.21. The third-order valence-corrected chi connectivity index (χ3v) is 7.21. The van der Waals surface area contributed by atoms with Gasteiger partial charge in [-0.25, -0.2) is 4.98 Å². The molecular formula is C32H18N2. The molecule has 34 heavy (non-hydrogen) atoms. The van der Waals surface area contributed by atoms with Crippen LogP contribution in [-0.2, 0) is 0 Å². The Hall–Kier alpha value is -4.56. The average Bonchev–Trinajstić information content (AvgIpc) is 2.91. The smallest absolute Gasteiger partial charge is 0.0978 e. The van der Waals surface area contributed by atoms with E-state index >= 15 is 0 Å². The summed E-state index contributed by atoms with van der Waals surface area (Å²) in [5, 5.41) is 12.3. The van der Waals surface area contributed by atoms with Crippen LogP contribution in [0.15, 0.2) is 109 Å². The van der Waals surface area contributed by atoms with Gasteiger partial charge in [0.05, 0.1) is 16.7 Å². The van der Waals surface area contributed by atoms with Gasteiger partial charge in [-0.15, -0.1) is 0 Å². The number of nitrogens with zero attached hydrogens (tertiary/aromatic N) is 2. The summed E-state index contributed by atoms with van der Waals surface area (Å²) in [6.07, 6.45) is 1.98. The minimum absolute atomic E-state index is 0.942. The highest BCUT2D eigenvalue weighted by atomic mass is 14.8. The summed E-state index contributed by atoms with van der Waals surface area (Å²) in [7, 11) is 0. The molecule has 0 radical (unpaired) electrons. The molecule has 2 nitrogen and oxygen atoms in total. The standard InChI is InChI=1S/C32H18N2/c1-2-9-23-22(6-1)18-33-32-30(23)26-10-3-4-11-27(26)34-31(32)25-17-15-21-13-12-19-7-5-8-20-14-16-24(25)29(21)28(19)20/h1-18H. The second-order valence-corrected chi connectivity index (χ2v) is 9.02. The third kappa shape index (κ3) is 2.29. The van der Waals surface area contributed by atoms with E-state index in [0.717, 1.165) is 33.1 Å². The summed E-state index contributed by atoms with van der Waals surface area (Å²) in [5.41, 5.74) is 4.02. The van der Waals surface area contributed by atoms with Crippen LogP contribution in [0, 0.1) is 0 Å². The predicted octanol–water partition coefficient (Wildman–Crippen LogP) is 8.50. The van der Waals surface area contributed by atoms with Gasteiger partial charge in [-0.2, -0.15) is 0 Å². The minimum Gasteiger partial charge on any atom is -0.253 e. The van der Waals surface area contributed by atoms with Crippen LogP contribution in [0.2, 0.25) is 0 Å². The van der Waals surface area contributed by atoms with Gasteiger partial charge >= 0.3 is 0 Å². The number of pyridine rings is 2. The first-order valence-corrected chi connectivity index (χ1v) is 11.6. The van der Waals surface area contributed by atoms with E-state index in [0.29, 0.717) is 0 Å². The number of fused-ring (bicyclic) bond motifs is 5. The Morgan fingerprint density at radius 1 is 0.441 bits per heavy atom. The molecule has 0 aliphatic rings. The van der Waals surface area contributed by atoms with Crippen molar-refractivity contribution in [3.05, 3.63) is 109 Å². The molecule has 0 fully saturated rings. The normalized spacial score (nSPS) is 12.1. The van der Waals surface area contributed by atoms with Gasteiger partial charge in [0.15, 0.2) is 0 Å². The molecule has 8 aromatic rings. The summed E-state index contributed by atoms with van der Waals surface area (Å²) < 4.78 is 0. The summed E-state index contributed by atoms with van der Waals surface area (Å²) in [4.78, 5) is 10.2. The van der Waals surface area contributed by atoms with Gasteiger partial charge in [0, 0.05) is 27.9 Å². The van der Waals surface area contributed by atoms with E-state index in [-0.39, 0.29) is 0 Å². The Balaban J connectivity index is 1.60. The molecule has 156 valence electrons. The topological polar surface area (TPSA) is 25.8 Å². The van der Waals surface area contributed by atoms with Crippen LogP contribution < -0.4 is 0 Å². The molecule has 0 spiro atoms. The Morgan fingerprint density at radius 3 is 2.00 bits per heavy atom. The monoisotopic (exact) mass is 430 g/mol. The largest absolute Gasteiger partial charge is 0.253 e. The molecule has 6 aromatic carbocycles. The van der Waals surface area contributed by atoms with E-state index in [9.17, 15) is 0 Å². The maximum Gasteiger partial charge on any atom is 0.0978 e. The summed E-state index contributed by atoms with van der Waals surface area (Å²) in [6.45, 7) is 0. The highest BCUT2D eigenvalue weighted by molar-refractivity contribution is 6.27. The van der Waals surface area contributed by atoms with Crippen molar-refractivity contribution in [2.75, 3.05) is 0 Å². The van der Waals surface area contributed by atoms with Crippen LogP contribution >= 0.6 is 0 Å². The van der Waals surface area contributed by atoms with Crippen molar-refractivity contribution in [1.82, 2.24) is 9.97 Å². The lowest BCUT2D eigenvalue weighted by molar-refractivity contribution is 1.37. The molecule has 8 rings (SSSR count). The highest BCUT2D eigenvalue weighted by Crippen LogP contribution is 2.42. The van der Waals surface area contributed by atoms with Gasteiger partial charge < -0.3 is 0 Å². The predicted molar refractivity (Wildman–Crippen MR) is 144 cm³/mol. The highest BCUT2D eigenvalue weighted by Gasteiger charge is 2.18. The van der Waals surface area contributed by atoms with E-state index in [1.54, 1.807) is 0 Å². The molecule has 0 atom stereocenters. The summed E-state index contributed by atoms with van der Waals surface area (Å²) in [5.74, 6) is 0. The first-order valence-electron chi connectivity index (χ1n) is 11.6. The van der Waals surface area contributed by atoms with Crippen LogP contribution in [0.25, 0.3) is 76.2 Å². The maximum atomic E-state index is 5.20. The van der Waals surface area contributed by atoms with E-state index in [4.69, 9.17) is 9.97 Å². The molecule has 2 heterocycles. The molecular weight excluding hydrogens is 412 g/mol. The van der Waals surface area contributed by atoms with Crippen LogP contribution in [0.1, 0.15) is 0 Å². The molecule has 0 amide bonds. The van der Waals surface area contributed by atoms with Gasteiger partial charge in [-0.1, -0.05) is 97.1 Å². The molecule has 0 aliphatic carbocycles. The Morgan fingerprint density at radius 2 is 1.12 bits per heavy atom. The van der Waals surface area contributed by atoms with E-state index < -0.39 is 0 Å². The number of benzene rings is 6. The van der Waals surface area contributed by atoms with Crippen molar-refractivity contribution < 1.29 is 0 Å². The first-order chi connectivity index (χ1) is 16.9. The molecule has 2 aromatic heterocycles. The fourth-order valence-electron chi connectivity index (χ4n) is 5.70. The molecule has 0 bridgehead atoms. The number of rotatable bonds is 1. The van der Waals surface area contributed by atoms with Crippen molar-refractivity contribution in [2.24, 2.45) is 0 Å². The SMILES string of the molecule is c1ccc2c(c1)cnc1c(-c3ccc4ccc5cccc6ccc3c4c56)nc3ccccc3c12. The molecule has 0 N–H and O–H groups in total. The summed E-state index contributed by atoms with van der Waals surface area (Å²) >= 11 is 0. The molecule has 2 heteroatoms. The van der Waals surface area contributed by atoms with Crippen molar-refractivity contribution >= 4 is 64.9 Å². The fraction of sp³-hybridized carbons (Fsp3) is 0. The second kappa shape index (κ2) is 6.49. The number of hydrogen-bond donors (Lipinski definition) is 0. The minimum atomic E-state index is 0.942. The first kappa shape index (κ1) is 17.9. The lowest BCUT2D eigenvalue weighted by Gasteiger charge is -2.16. The van der Waals surface area contributed by atoms with Gasteiger partial charge in [-0.3, -0.25) is 4.98 Å². The van der Waals surface area contributed by atoms with Crippen LogP contribution in [0.4, 0.5) is 0 Å². The van der Waals surface area contributed by atoms with Crippen molar-refractivity contribution in [3.63, 3.8) is 0 Å². The Labute approximate surface area is 195 Å². The van der Waals surface area contributed by atoms with E-state index in [2.05, 4.69) is 103 Å². The molecule has 0 aliphatic heterocycles.